The second-order valence-corrected chi connectivity index (χ2v) is 7.86. The third-order valence-corrected chi connectivity index (χ3v) is 5.58. The van der Waals surface area contributed by atoms with Crippen LogP contribution in [0, 0.1) is 13.8 Å². The van der Waals surface area contributed by atoms with E-state index in [4.69, 9.17) is 4.74 Å². The van der Waals surface area contributed by atoms with Gasteiger partial charge >= 0.3 is 6.09 Å². The molecule has 30 heavy (non-hydrogen) atoms. The van der Waals surface area contributed by atoms with Crippen LogP contribution in [0.1, 0.15) is 24.0 Å². The molecule has 2 heterocycles. The van der Waals surface area contributed by atoms with Crippen molar-refractivity contribution in [3.8, 4) is 17.0 Å². The first-order valence-electron chi connectivity index (χ1n) is 10.1. The third-order valence-electron chi connectivity index (χ3n) is 5.58. The Morgan fingerprint density at radius 1 is 1.13 bits per heavy atom. The fraction of sp³-hybridized carbons (Fsp3) is 0.348. The predicted molar refractivity (Wildman–Crippen MR) is 117 cm³/mol. The number of benzene rings is 2. The number of piperidine rings is 1. The van der Waals surface area contributed by atoms with Gasteiger partial charge in [-0.05, 0) is 50.5 Å². The number of anilines is 1. The number of nitrogens with one attached hydrogen (secondary N) is 1. The number of fused-ring (bicyclic) bond motifs is 1. The molecular formula is C23H26N4O3. The zero-order valence-corrected chi connectivity index (χ0v) is 17.5. The molecule has 2 aromatic carbocycles. The smallest absolute Gasteiger partial charge is 0.407 e. The molecule has 1 atom stereocenters. The summed E-state index contributed by atoms with van der Waals surface area (Å²) >= 11 is 0. The summed E-state index contributed by atoms with van der Waals surface area (Å²) in [6, 6.07) is 12.3. The minimum Gasteiger partial charge on any atom is -0.496 e. The molecule has 1 fully saturated rings. The van der Waals surface area contributed by atoms with Crippen LogP contribution in [-0.2, 0) is 0 Å². The van der Waals surface area contributed by atoms with E-state index >= 15 is 0 Å². The van der Waals surface area contributed by atoms with Gasteiger partial charge in [-0.3, -0.25) is 0 Å². The summed E-state index contributed by atoms with van der Waals surface area (Å²) in [4.78, 5) is 12.8. The zero-order valence-electron chi connectivity index (χ0n) is 17.5. The van der Waals surface area contributed by atoms with Crippen LogP contribution in [0.5, 0.6) is 5.75 Å². The van der Waals surface area contributed by atoms with Crippen molar-refractivity contribution in [2.75, 3.05) is 25.5 Å². The molecule has 2 N–H and O–H groups in total. The molecule has 3 aromatic rings. The summed E-state index contributed by atoms with van der Waals surface area (Å²) in [5.41, 5.74) is 3.91. The number of amides is 1. The minimum absolute atomic E-state index is 0.00779. The van der Waals surface area contributed by atoms with Gasteiger partial charge in [-0.2, -0.15) is 0 Å². The normalized spacial score (nSPS) is 16.5. The van der Waals surface area contributed by atoms with Gasteiger partial charge in [0.25, 0.3) is 0 Å². The van der Waals surface area contributed by atoms with Gasteiger partial charge in [-0.15, -0.1) is 10.2 Å². The van der Waals surface area contributed by atoms with E-state index in [1.165, 1.54) is 4.90 Å². The van der Waals surface area contributed by atoms with Crippen LogP contribution in [0.2, 0.25) is 0 Å². The van der Waals surface area contributed by atoms with E-state index in [0.29, 0.717) is 18.9 Å². The number of carbonyl (C=O) groups is 1. The van der Waals surface area contributed by atoms with E-state index in [2.05, 4.69) is 34.6 Å². The van der Waals surface area contributed by atoms with E-state index < -0.39 is 6.09 Å². The average molecular weight is 406 g/mol. The largest absolute Gasteiger partial charge is 0.496 e. The Hall–Kier alpha value is -3.35. The highest BCUT2D eigenvalue weighted by Crippen LogP contribution is 2.36. The second kappa shape index (κ2) is 8.18. The van der Waals surface area contributed by atoms with Crippen molar-refractivity contribution in [2.24, 2.45) is 0 Å². The van der Waals surface area contributed by atoms with Gasteiger partial charge in [0.2, 0.25) is 0 Å². The highest BCUT2D eigenvalue weighted by Gasteiger charge is 2.24. The number of carboxylic acid groups (broad SMARTS) is 1. The Kier molecular flexibility index (Phi) is 5.44. The van der Waals surface area contributed by atoms with Crippen molar-refractivity contribution in [3.63, 3.8) is 0 Å². The number of ether oxygens (including phenoxy) is 1. The maximum atomic E-state index is 11.3. The lowest BCUT2D eigenvalue weighted by molar-refractivity contribution is 0.133. The van der Waals surface area contributed by atoms with Gasteiger partial charge in [0.05, 0.1) is 7.11 Å². The van der Waals surface area contributed by atoms with Crippen molar-refractivity contribution in [1.82, 2.24) is 15.1 Å². The Balaban J connectivity index is 1.76. The first-order valence-corrected chi connectivity index (χ1v) is 10.1. The van der Waals surface area contributed by atoms with Crippen molar-refractivity contribution in [2.45, 2.75) is 32.7 Å². The fourth-order valence-electron chi connectivity index (χ4n) is 4.03. The quantitative estimate of drug-likeness (QED) is 0.664. The van der Waals surface area contributed by atoms with E-state index in [-0.39, 0.29) is 6.04 Å². The van der Waals surface area contributed by atoms with Crippen molar-refractivity contribution < 1.29 is 14.6 Å². The number of aromatic nitrogens is 2. The number of hydrogen-bond donors (Lipinski definition) is 2. The van der Waals surface area contributed by atoms with Gasteiger partial charge in [0.15, 0.2) is 5.82 Å². The van der Waals surface area contributed by atoms with Crippen LogP contribution in [0.15, 0.2) is 36.4 Å². The number of aryl methyl sites for hydroxylation is 2. The lowest BCUT2D eigenvalue weighted by atomic mass is 10.0. The monoisotopic (exact) mass is 406 g/mol. The van der Waals surface area contributed by atoms with Crippen LogP contribution in [-0.4, -0.2) is 52.5 Å². The average Bonchev–Trinajstić information content (AvgIpc) is 2.74. The lowest BCUT2D eigenvalue weighted by Gasteiger charge is -2.31. The standard InChI is InChI=1S/C23H26N4O3/c1-14-6-8-17-19(11-14)21(18-9-7-15(2)12-20(18)30-3)25-26-22(17)24-16-5-4-10-27(13-16)23(28)29/h6-9,11-12,16H,4-5,10,13H2,1-3H3,(H,24,26)(H,28,29). The molecule has 0 aliphatic carbocycles. The van der Waals surface area contributed by atoms with Gasteiger partial charge < -0.3 is 20.1 Å². The number of hydrogen-bond acceptors (Lipinski definition) is 5. The zero-order chi connectivity index (χ0) is 21.3. The minimum atomic E-state index is -0.880. The van der Waals surface area contributed by atoms with Crippen molar-refractivity contribution in [1.29, 1.82) is 0 Å². The molecule has 1 aromatic heterocycles. The molecule has 0 bridgehead atoms. The van der Waals surface area contributed by atoms with Crippen molar-refractivity contribution in [3.05, 3.63) is 47.5 Å². The van der Waals surface area contributed by atoms with Gasteiger partial charge in [-0.25, -0.2) is 4.79 Å². The summed E-state index contributed by atoms with van der Waals surface area (Å²) < 4.78 is 5.60. The van der Waals surface area contributed by atoms with E-state index in [1.54, 1.807) is 7.11 Å². The lowest BCUT2D eigenvalue weighted by Crippen LogP contribution is -2.44. The molecule has 1 unspecified atom stereocenters. The van der Waals surface area contributed by atoms with Crippen molar-refractivity contribution >= 4 is 22.7 Å². The number of likely N-dealkylation sites (tertiary alicyclic amines) is 1. The number of methoxy groups -OCH3 is 1. The summed E-state index contributed by atoms with van der Waals surface area (Å²) in [5, 5.41) is 23.7. The summed E-state index contributed by atoms with van der Waals surface area (Å²) in [7, 11) is 1.66. The Labute approximate surface area is 175 Å². The molecule has 1 aliphatic heterocycles. The van der Waals surface area contributed by atoms with Gasteiger partial charge in [-0.1, -0.05) is 23.8 Å². The first kappa shape index (κ1) is 19.9. The van der Waals surface area contributed by atoms with Crippen LogP contribution in [0.4, 0.5) is 10.6 Å². The predicted octanol–water partition coefficient (Wildman–Crippen LogP) is 4.48. The topological polar surface area (TPSA) is 87.6 Å². The third kappa shape index (κ3) is 3.87. The Bertz CT molecular complexity index is 1100. The molecule has 0 saturated carbocycles. The highest BCUT2D eigenvalue weighted by atomic mass is 16.5. The van der Waals surface area contributed by atoms with E-state index in [0.717, 1.165) is 51.7 Å². The Morgan fingerprint density at radius 2 is 1.90 bits per heavy atom. The molecule has 0 spiro atoms. The maximum Gasteiger partial charge on any atom is 0.407 e. The number of rotatable bonds is 4. The summed E-state index contributed by atoms with van der Waals surface area (Å²) in [5.74, 6) is 1.44. The molecule has 1 aliphatic rings. The Morgan fingerprint density at radius 3 is 2.67 bits per heavy atom. The molecule has 1 amide bonds. The summed E-state index contributed by atoms with van der Waals surface area (Å²) in [6.07, 6.45) is 0.842. The van der Waals surface area contributed by atoms with E-state index in [9.17, 15) is 9.90 Å². The van der Waals surface area contributed by atoms with E-state index in [1.807, 2.05) is 31.2 Å². The van der Waals surface area contributed by atoms with Crippen LogP contribution >= 0.6 is 0 Å². The molecule has 4 rings (SSSR count). The molecule has 1 saturated heterocycles. The fourth-order valence-corrected chi connectivity index (χ4v) is 4.03. The van der Waals surface area contributed by atoms with Crippen LogP contribution in [0.3, 0.4) is 0 Å². The molecule has 156 valence electrons. The SMILES string of the molecule is COc1cc(C)ccc1-c1nnc(NC2CCCN(C(=O)O)C2)c2ccc(C)cc12. The van der Waals surface area contributed by atoms with Gasteiger partial charge in [0.1, 0.15) is 11.4 Å². The molecule has 0 radical (unpaired) electrons. The first-order chi connectivity index (χ1) is 14.5. The van der Waals surface area contributed by atoms with Crippen LogP contribution in [0.25, 0.3) is 22.0 Å². The molecule has 7 nitrogen and oxygen atoms in total. The van der Waals surface area contributed by atoms with Crippen LogP contribution < -0.4 is 10.1 Å². The second-order valence-electron chi connectivity index (χ2n) is 7.86. The highest BCUT2D eigenvalue weighted by molar-refractivity contribution is 6.01. The molecular weight excluding hydrogens is 380 g/mol. The molecule has 7 heteroatoms. The summed E-state index contributed by atoms with van der Waals surface area (Å²) in [6.45, 7) is 5.09. The van der Waals surface area contributed by atoms with Gasteiger partial charge in [0, 0.05) is 35.5 Å². The maximum absolute atomic E-state index is 11.3. The number of nitrogens with zero attached hydrogens (tertiary/aromatic N) is 3.